The van der Waals surface area contributed by atoms with Gasteiger partial charge in [0.05, 0.1) is 5.56 Å². The Bertz CT molecular complexity index is 1020. The maximum Gasteiger partial charge on any atom is 0.251 e. The number of aryl methyl sites for hydroxylation is 1. The minimum Gasteiger partial charge on any atom is -0.365 e. The van der Waals surface area contributed by atoms with Crippen LogP contribution in [-0.4, -0.2) is 16.8 Å². The van der Waals surface area contributed by atoms with Gasteiger partial charge in [0, 0.05) is 28.4 Å². The van der Waals surface area contributed by atoms with Gasteiger partial charge in [-0.3, -0.25) is 9.59 Å². The molecule has 0 radical (unpaired) electrons. The normalized spacial score (nSPS) is 16.3. The van der Waals surface area contributed by atoms with Gasteiger partial charge in [0.1, 0.15) is 5.00 Å². The van der Waals surface area contributed by atoms with Gasteiger partial charge in [-0.2, -0.15) is 0 Å². The summed E-state index contributed by atoms with van der Waals surface area (Å²) in [6.07, 6.45) is 5.82. The molecule has 3 aromatic rings. The molecule has 2 aromatic heterocycles. The Morgan fingerprint density at radius 2 is 2.15 bits per heavy atom. The molecule has 27 heavy (non-hydrogen) atoms. The lowest BCUT2D eigenvalue weighted by Crippen LogP contribution is -2.19. The molecule has 140 valence electrons. The standard InChI is InChI=1S/C21H23N3O2S/c1-12-6-8-15-17(10-12)27-21(19(15)20(22)26)24-18(25)9-7-13-11-23-16-5-3-2-4-14(13)16/h2-5,11-12,23H,6-10H2,1H3,(H2,22,26)(H,24,25). The van der Waals surface area contributed by atoms with Crippen molar-refractivity contribution in [3.05, 3.63) is 52.0 Å². The number of aromatic amines is 1. The Hall–Kier alpha value is -2.60. The summed E-state index contributed by atoms with van der Waals surface area (Å²) in [6, 6.07) is 8.06. The van der Waals surface area contributed by atoms with E-state index in [1.807, 2.05) is 24.4 Å². The number of carbonyl (C=O) groups is 2. The number of fused-ring (bicyclic) bond motifs is 2. The van der Waals surface area contributed by atoms with Crippen LogP contribution in [0.25, 0.3) is 10.9 Å². The number of benzene rings is 1. The van der Waals surface area contributed by atoms with Crippen LogP contribution in [0.5, 0.6) is 0 Å². The Labute approximate surface area is 162 Å². The Morgan fingerprint density at radius 3 is 2.96 bits per heavy atom. The summed E-state index contributed by atoms with van der Waals surface area (Å²) in [5.74, 6) is 0.0608. The second-order valence-electron chi connectivity index (χ2n) is 7.33. The van der Waals surface area contributed by atoms with E-state index < -0.39 is 5.91 Å². The number of anilines is 1. The SMILES string of the molecule is CC1CCc2c(sc(NC(=O)CCc3c[nH]c4ccccc34)c2C(N)=O)C1. The maximum absolute atomic E-state index is 12.5. The number of amides is 2. The van der Waals surface area contributed by atoms with Gasteiger partial charge in [-0.1, -0.05) is 25.1 Å². The van der Waals surface area contributed by atoms with Gasteiger partial charge in [-0.15, -0.1) is 11.3 Å². The lowest BCUT2D eigenvalue weighted by atomic mass is 9.88. The first-order chi connectivity index (χ1) is 13.0. The zero-order valence-electron chi connectivity index (χ0n) is 15.3. The molecule has 0 bridgehead atoms. The smallest absolute Gasteiger partial charge is 0.251 e. The fourth-order valence-corrected chi connectivity index (χ4v) is 5.31. The average Bonchev–Trinajstić information content (AvgIpc) is 3.20. The molecule has 2 amide bonds. The van der Waals surface area contributed by atoms with E-state index in [0.29, 0.717) is 29.3 Å². The molecule has 0 aliphatic heterocycles. The second kappa shape index (κ2) is 7.19. The third-order valence-corrected chi connectivity index (χ3v) is 6.48. The Kier molecular flexibility index (Phi) is 4.74. The number of carbonyl (C=O) groups excluding carboxylic acids is 2. The highest BCUT2D eigenvalue weighted by atomic mass is 32.1. The maximum atomic E-state index is 12.5. The summed E-state index contributed by atoms with van der Waals surface area (Å²) in [5.41, 5.74) is 9.37. The number of para-hydroxylation sites is 1. The number of thiophene rings is 1. The van der Waals surface area contributed by atoms with E-state index in [-0.39, 0.29) is 5.91 Å². The highest BCUT2D eigenvalue weighted by Gasteiger charge is 2.27. The molecule has 0 saturated carbocycles. The molecule has 1 aromatic carbocycles. The number of nitrogens with one attached hydrogen (secondary N) is 2. The average molecular weight is 382 g/mol. The topological polar surface area (TPSA) is 88.0 Å². The number of hydrogen-bond acceptors (Lipinski definition) is 3. The summed E-state index contributed by atoms with van der Waals surface area (Å²) >= 11 is 1.51. The van der Waals surface area contributed by atoms with Crippen molar-refractivity contribution in [3.63, 3.8) is 0 Å². The Balaban J connectivity index is 1.49. The van der Waals surface area contributed by atoms with Crippen LogP contribution in [0.2, 0.25) is 0 Å². The zero-order valence-corrected chi connectivity index (χ0v) is 16.1. The lowest BCUT2D eigenvalue weighted by Gasteiger charge is -2.18. The van der Waals surface area contributed by atoms with E-state index in [0.717, 1.165) is 41.3 Å². The van der Waals surface area contributed by atoms with Crippen molar-refractivity contribution in [3.8, 4) is 0 Å². The fourth-order valence-electron chi connectivity index (χ4n) is 3.88. The molecule has 6 heteroatoms. The predicted octanol–water partition coefficient (Wildman–Crippen LogP) is 4.02. The summed E-state index contributed by atoms with van der Waals surface area (Å²) in [7, 11) is 0. The van der Waals surface area contributed by atoms with E-state index >= 15 is 0 Å². The van der Waals surface area contributed by atoms with Gasteiger partial charge in [-0.05, 0) is 48.8 Å². The van der Waals surface area contributed by atoms with Crippen LogP contribution in [0, 0.1) is 5.92 Å². The van der Waals surface area contributed by atoms with Crippen molar-refractivity contribution in [2.24, 2.45) is 11.7 Å². The number of hydrogen-bond donors (Lipinski definition) is 3. The third kappa shape index (κ3) is 3.49. The lowest BCUT2D eigenvalue weighted by molar-refractivity contribution is -0.116. The van der Waals surface area contributed by atoms with Gasteiger partial charge in [-0.25, -0.2) is 0 Å². The van der Waals surface area contributed by atoms with E-state index in [2.05, 4.69) is 23.3 Å². The second-order valence-corrected chi connectivity index (χ2v) is 8.43. The first kappa shape index (κ1) is 17.8. The molecule has 1 unspecified atom stereocenters. The summed E-state index contributed by atoms with van der Waals surface area (Å²) < 4.78 is 0. The molecule has 1 atom stereocenters. The predicted molar refractivity (Wildman–Crippen MR) is 109 cm³/mol. The molecule has 1 aliphatic rings. The van der Waals surface area contributed by atoms with Gasteiger partial charge in [0.25, 0.3) is 5.91 Å². The van der Waals surface area contributed by atoms with Crippen LogP contribution >= 0.6 is 11.3 Å². The number of primary amides is 1. The molecule has 5 nitrogen and oxygen atoms in total. The van der Waals surface area contributed by atoms with Crippen molar-refractivity contribution in [2.45, 2.75) is 39.0 Å². The van der Waals surface area contributed by atoms with Crippen molar-refractivity contribution >= 4 is 39.1 Å². The quantitative estimate of drug-likeness (QED) is 0.623. The van der Waals surface area contributed by atoms with E-state index in [1.165, 1.54) is 16.2 Å². The van der Waals surface area contributed by atoms with Crippen LogP contribution < -0.4 is 11.1 Å². The number of aromatic nitrogens is 1. The minimum atomic E-state index is -0.450. The van der Waals surface area contributed by atoms with Gasteiger partial charge in [0.2, 0.25) is 5.91 Å². The minimum absolute atomic E-state index is 0.0885. The third-order valence-electron chi connectivity index (χ3n) is 5.31. The largest absolute Gasteiger partial charge is 0.365 e. The number of H-pyrrole nitrogens is 1. The molecule has 4 rings (SSSR count). The molecular weight excluding hydrogens is 358 g/mol. The zero-order chi connectivity index (χ0) is 19.0. The number of nitrogens with two attached hydrogens (primary N) is 1. The molecule has 4 N–H and O–H groups in total. The van der Waals surface area contributed by atoms with E-state index in [9.17, 15) is 9.59 Å². The molecule has 2 heterocycles. The molecule has 0 fully saturated rings. The van der Waals surface area contributed by atoms with Gasteiger partial charge in [0.15, 0.2) is 0 Å². The molecular formula is C21H23N3O2S. The van der Waals surface area contributed by atoms with Gasteiger partial charge >= 0.3 is 0 Å². The number of rotatable bonds is 5. The first-order valence-corrected chi connectivity index (χ1v) is 10.1. The molecule has 0 spiro atoms. The van der Waals surface area contributed by atoms with Gasteiger partial charge < -0.3 is 16.0 Å². The van der Waals surface area contributed by atoms with Crippen molar-refractivity contribution in [1.82, 2.24) is 4.98 Å². The van der Waals surface area contributed by atoms with Crippen molar-refractivity contribution in [1.29, 1.82) is 0 Å². The van der Waals surface area contributed by atoms with Crippen LogP contribution in [0.15, 0.2) is 30.5 Å². The highest BCUT2D eigenvalue weighted by molar-refractivity contribution is 7.17. The molecule has 1 aliphatic carbocycles. The van der Waals surface area contributed by atoms with Crippen LogP contribution in [0.3, 0.4) is 0 Å². The van der Waals surface area contributed by atoms with Crippen LogP contribution in [0.1, 0.15) is 46.1 Å². The summed E-state index contributed by atoms with van der Waals surface area (Å²) in [5, 5.41) is 4.70. The summed E-state index contributed by atoms with van der Waals surface area (Å²) in [6.45, 7) is 2.21. The Morgan fingerprint density at radius 1 is 1.33 bits per heavy atom. The summed E-state index contributed by atoms with van der Waals surface area (Å²) in [4.78, 5) is 28.9. The molecule has 0 saturated heterocycles. The van der Waals surface area contributed by atoms with Crippen molar-refractivity contribution in [2.75, 3.05) is 5.32 Å². The van der Waals surface area contributed by atoms with Crippen LogP contribution in [0.4, 0.5) is 5.00 Å². The van der Waals surface area contributed by atoms with E-state index in [4.69, 9.17) is 5.73 Å². The van der Waals surface area contributed by atoms with E-state index in [1.54, 1.807) is 0 Å². The first-order valence-electron chi connectivity index (χ1n) is 9.32. The van der Waals surface area contributed by atoms with Crippen LogP contribution in [-0.2, 0) is 24.1 Å². The fraction of sp³-hybridized carbons (Fsp3) is 0.333. The monoisotopic (exact) mass is 381 g/mol. The highest BCUT2D eigenvalue weighted by Crippen LogP contribution is 2.39. The van der Waals surface area contributed by atoms with Crippen molar-refractivity contribution < 1.29 is 9.59 Å².